The zero-order chi connectivity index (χ0) is 11.1. The third-order valence-electron chi connectivity index (χ3n) is 2.86. The van der Waals surface area contributed by atoms with Crippen LogP contribution in [0.3, 0.4) is 0 Å². The summed E-state index contributed by atoms with van der Waals surface area (Å²) in [5.74, 6) is 0.272. The van der Waals surface area contributed by atoms with Crippen molar-refractivity contribution in [2.24, 2.45) is 0 Å². The van der Waals surface area contributed by atoms with Gasteiger partial charge in [-0.2, -0.15) is 0 Å². The smallest absolute Gasteiger partial charge is 0.142 e. The van der Waals surface area contributed by atoms with E-state index >= 15 is 0 Å². The van der Waals surface area contributed by atoms with E-state index in [0.29, 0.717) is 0 Å². The van der Waals surface area contributed by atoms with Crippen LogP contribution in [-0.4, -0.2) is 29.8 Å². The number of carbonyl (C=O) groups is 1. The van der Waals surface area contributed by atoms with Crippen molar-refractivity contribution in [3.05, 3.63) is 16.1 Å². The Hall–Kier alpha value is -0.740. The van der Waals surface area contributed by atoms with Crippen molar-refractivity contribution in [1.82, 2.24) is 9.88 Å². The second-order valence-electron chi connectivity index (χ2n) is 4.51. The minimum absolute atomic E-state index is 0.199. The van der Waals surface area contributed by atoms with Crippen LogP contribution in [0.4, 0.5) is 0 Å². The molecular formula is C11H16N2OS. The SMILES string of the molecule is CC(=O)C1(c2ncc(CN(C)C)s2)CC1. The van der Waals surface area contributed by atoms with E-state index in [1.54, 1.807) is 18.3 Å². The van der Waals surface area contributed by atoms with E-state index in [4.69, 9.17) is 0 Å². The Kier molecular flexibility index (Phi) is 2.64. The minimum Gasteiger partial charge on any atom is -0.304 e. The van der Waals surface area contributed by atoms with Crippen LogP contribution >= 0.6 is 11.3 Å². The maximum absolute atomic E-state index is 11.5. The Morgan fingerprint density at radius 1 is 1.60 bits per heavy atom. The first-order chi connectivity index (χ1) is 7.04. The van der Waals surface area contributed by atoms with E-state index in [2.05, 4.69) is 9.88 Å². The number of hydrogen-bond donors (Lipinski definition) is 0. The summed E-state index contributed by atoms with van der Waals surface area (Å²) < 4.78 is 0. The van der Waals surface area contributed by atoms with E-state index in [1.807, 2.05) is 20.3 Å². The van der Waals surface area contributed by atoms with Gasteiger partial charge in [-0.3, -0.25) is 4.79 Å². The zero-order valence-electron chi connectivity index (χ0n) is 9.41. The Morgan fingerprint density at radius 3 is 2.73 bits per heavy atom. The molecule has 0 spiro atoms. The molecule has 0 amide bonds. The predicted molar refractivity (Wildman–Crippen MR) is 61.1 cm³/mol. The second kappa shape index (κ2) is 3.68. The van der Waals surface area contributed by atoms with E-state index < -0.39 is 0 Å². The number of rotatable bonds is 4. The number of thiazole rings is 1. The summed E-state index contributed by atoms with van der Waals surface area (Å²) in [7, 11) is 4.08. The third kappa shape index (κ3) is 1.96. The fourth-order valence-electron chi connectivity index (χ4n) is 1.76. The molecule has 0 atom stereocenters. The number of hydrogen-bond acceptors (Lipinski definition) is 4. The molecule has 1 saturated carbocycles. The monoisotopic (exact) mass is 224 g/mol. The molecule has 0 radical (unpaired) electrons. The average Bonchev–Trinajstić information content (AvgIpc) is 2.83. The van der Waals surface area contributed by atoms with Gasteiger partial charge >= 0.3 is 0 Å². The average molecular weight is 224 g/mol. The molecule has 1 aliphatic carbocycles. The fraction of sp³-hybridized carbons (Fsp3) is 0.636. The van der Waals surface area contributed by atoms with Gasteiger partial charge in [0.1, 0.15) is 10.8 Å². The van der Waals surface area contributed by atoms with E-state index in [0.717, 1.165) is 24.4 Å². The molecule has 1 aromatic rings. The van der Waals surface area contributed by atoms with Crippen molar-refractivity contribution in [3.63, 3.8) is 0 Å². The molecule has 3 nitrogen and oxygen atoms in total. The lowest BCUT2D eigenvalue weighted by atomic mass is 10.0. The highest BCUT2D eigenvalue weighted by atomic mass is 32.1. The number of Topliss-reactive ketones (excluding diaryl/α,β-unsaturated/α-hetero) is 1. The summed E-state index contributed by atoms with van der Waals surface area (Å²) in [4.78, 5) is 19.3. The number of nitrogens with zero attached hydrogens (tertiary/aromatic N) is 2. The van der Waals surface area contributed by atoms with Gasteiger partial charge in [-0.25, -0.2) is 4.98 Å². The molecule has 1 aromatic heterocycles. The predicted octanol–water partition coefficient (Wildman–Crippen LogP) is 1.83. The quantitative estimate of drug-likeness (QED) is 0.782. The van der Waals surface area contributed by atoms with E-state index in [9.17, 15) is 4.79 Å². The Balaban J connectivity index is 2.17. The number of carbonyl (C=O) groups excluding carboxylic acids is 1. The molecule has 15 heavy (non-hydrogen) atoms. The standard InChI is InChI=1S/C11H16N2OS/c1-8(14)11(4-5-11)10-12-6-9(15-10)7-13(2)3/h6H,4-5,7H2,1-3H3. The van der Waals surface area contributed by atoms with Crippen molar-refractivity contribution in [2.75, 3.05) is 14.1 Å². The maximum Gasteiger partial charge on any atom is 0.142 e. The molecule has 0 aromatic carbocycles. The van der Waals surface area contributed by atoms with Gasteiger partial charge < -0.3 is 4.90 Å². The minimum atomic E-state index is -0.199. The van der Waals surface area contributed by atoms with Crippen molar-refractivity contribution in [1.29, 1.82) is 0 Å². The topological polar surface area (TPSA) is 33.2 Å². The van der Waals surface area contributed by atoms with Crippen molar-refractivity contribution >= 4 is 17.1 Å². The maximum atomic E-state index is 11.5. The normalized spacial score (nSPS) is 18.1. The van der Waals surface area contributed by atoms with E-state index in [1.165, 1.54) is 4.88 Å². The lowest BCUT2D eigenvalue weighted by molar-refractivity contribution is -0.119. The van der Waals surface area contributed by atoms with Crippen LogP contribution in [0, 0.1) is 0 Å². The molecule has 1 fully saturated rings. The Bertz CT molecular complexity index is 380. The highest BCUT2D eigenvalue weighted by Crippen LogP contribution is 2.50. The molecule has 0 aliphatic heterocycles. The van der Waals surface area contributed by atoms with Crippen LogP contribution in [0.2, 0.25) is 0 Å². The lowest BCUT2D eigenvalue weighted by Crippen LogP contribution is -2.16. The summed E-state index contributed by atoms with van der Waals surface area (Å²) >= 11 is 1.69. The van der Waals surface area contributed by atoms with Crippen molar-refractivity contribution in [2.45, 2.75) is 31.7 Å². The number of aromatic nitrogens is 1. The highest BCUT2D eigenvalue weighted by molar-refractivity contribution is 7.11. The first-order valence-electron chi connectivity index (χ1n) is 5.15. The van der Waals surface area contributed by atoms with Crippen LogP contribution < -0.4 is 0 Å². The van der Waals surface area contributed by atoms with Gasteiger partial charge in [0, 0.05) is 17.6 Å². The zero-order valence-corrected chi connectivity index (χ0v) is 10.2. The van der Waals surface area contributed by atoms with Crippen molar-refractivity contribution < 1.29 is 4.79 Å². The Labute approximate surface area is 94.1 Å². The van der Waals surface area contributed by atoms with Gasteiger partial charge in [0.15, 0.2) is 0 Å². The number of ketones is 1. The van der Waals surface area contributed by atoms with Crippen molar-refractivity contribution in [3.8, 4) is 0 Å². The van der Waals surface area contributed by atoms with Crippen LogP contribution in [0.5, 0.6) is 0 Å². The molecule has 0 unspecified atom stereocenters. The summed E-state index contributed by atoms with van der Waals surface area (Å²) in [6.07, 6.45) is 3.87. The molecule has 1 aliphatic rings. The first-order valence-corrected chi connectivity index (χ1v) is 5.97. The highest BCUT2D eigenvalue weighted by Gasteiger charge is 2.51. The van der Waals surface area contributed by atoms with Gasteiger partial charge in [-0.1, -0.05) is 0 Å². The van der Waals surface area contributed by atoms with E-state index in [-0.39, 0.29) is 11.2 Å². The summed E-state index contributed by atoms with van der Waals surface area (Å²) in [5.41, 5.74) is -0.199. The molecule has 1 heterocycles. The van der Waals surface area contributed by atoms with Gasteiger partial charge in [0.05, 0.1) is 5.41 Å². The van der Waals surface area contributed by atoms with Gasteiger partial charge in [0.25, 0.3) is 0 Å². The van der Waals surface area contributed by atoms with Crippen LogP contribution in [-0.2, 0) is 16.8 Å². The first kappa shape index (κ1) is 10.8. The van der Waals surface area contributed by atoms with Crippen LogP contribution in [0.15, 0.2) is 6.20 Å². The third-order valence-corrected chi connectivity index (χ3v) is 4.05. The summed E-state index contributed by atoms with van der Waals surface area (Å²) in [6.45, 7) is 2.59. The Morgan fingerprint density at radius 2 is 2.27 bits per heavy atom. The van der Waals surface area contributed by atoms with Gasteiger partial charge in [-0.15, -0.1) is 11.3 Å². The second-order valence-corrected chi connectivity index (χ2v) is 5.62. The lowest BCUT2D eigenvalue weighted by Gasteiger charge is -2.07. The summed E-state index contributed by atoms with van der Waals surface area (Å²) in [5, 5.41) is 1.02. The van der Waals surface area contributed by atoms with Crippen LogP contribution in [0.25, 0.3) is 0 Å². The molecule has 2 rings (SSSR count). The molecule has 0 bridgehead atoms. The molecule has 82 valence electrons. The van der Waals surface area contributed by atoms with Gasteiger partial charge in [-0.05, 0) is 33.9 Å². The van der Waals surface area contributed by atoms with Crippen LogP contribution in [0.1, 0.15) is 29.7 Å². The largest absolute Gasteiger partial charge is 0.304 e. The van der Waals surface area contributed by atoms with Gasteiger partial charge in [0.2, 0.25) is 0 Å². The summed E-state index contributed by atoms with van der Waals surface area (Å²) in [6, 6.07) is 0. The molecule has 0 N–H and O–H groups in total. The fourth-order valence-corrected chi connectivity index (χ4v) is 3.08. The molecular weight excluding hydrogens is 208 g/mol. The molecule has 0 saturated heterocycles. The molecule has 4 heteroatoms.